The zero-order chi connectivity index (χ0) is 22.0. The van der Waals surface area contributed by atoms with E-state index in [1.165, 1.54) is 35.2 Å². The summed E-state index contributed by atoms with van der Waals surface area (Å²) in [5.74, 6) is -0.224. The second-order valence-corrected chi connectivity index (χ2v) is 9.66. The highest BCUT2D eigenvalue weighted by Crippen LogP contribution is 2.34. The van der Waals surface area contributed by atoms with Gasteiger partial charge in [-0.05, 0) is 36.1 Å². The predicted octanol–water partition coefficient (Wildman–Crippen LogP) is 5.10. The molecule has 0 fully saturated rings. The fourth-order valence-corrected chi connectivity index (χ4v) is 6.00. The normalized spacial score (nSPS) is 11.2. The average Bonchev–Trinajstić information content (AvgIpc) is 3.43. The van der Waals surface area contributed by atoms with Crippen LogP contribution in [0.1, 0.15) is 12.5 Å². The van der Waals surface area contributed by atoms with E-state index in [9.17, 15) is 14.0 Å². The molecular weight excluding hydrogens is 453 g/mol. The number of aromatic nitrogens is 2. The van der Waals surface area contributed by atoms with Gasteiger partial charge in [0.05, 0.1) is 11.1 Å². The quantitative estimate of drug-likeness (QED) is 0.277. The van der Waals surface area contributed by atoms with Crippen molar-refractivity contribution in [3.63, 3.8) is 0 Å². The minimum Gasteiger partial charge on any atom is -0.341 e. The lowest BCUT2D eigenvalue weighted by Gasteiger charge is -2.17. The summed E-state index contributed by atoms with van der Waals surface area (Å²) in [6.07, 6.45) is 0. The molecule has 0 unspecified atom stereocenters. The Labute approximate surface area is 191 Å². The Bertz CT molecular complexity index is 1260. The van der Waals surface area contributed by atoms with Crippen molar-refractivity contribution in [1.29, 1.82) is 0 Å². The lowest BCUT2D eigenvalue weighted by molar-refractivity contribution is -0.127. The first-order valence-electron chi connectivity index (χ1n) is 9.65. The number of fused-ring (bicyclic) bond motifs is 1. The molecule has 3 aromatic heterocycles. The summed E-state index contributed by atoms with van der Waals surface area (Å²) < 4.78 is 14.7. The molecule has 0 atom stereocenters. The molecule has 0 spiro atoms. The third kappa shape index (κ3) is 4.58. The molecule has 31 heavy (non-hydrogen) atoms. The number of rotatable bonds is 7. The van der Waals surface area contributed by atoms with E-state index in [2.05, 4.69) is 0 Å². The minimum atomic E-state index is -0.303. The second-order valence-electron chi connectivity index (χ2n) is 6.92. The van der Waals surface area contributed by atoms with Gasteiger partial charge in [0.2, 0.25) is 5.91 Å². The highest BCUT2D eigenvalue weighted by Gasteiger charge is 2.18. The van der Waals surface area contributed by atoms with Gasteiger partial charge in [0.25, 0.3) is 5.56 Å². The van der Waals surface area contributed by atoms with Crippen LogP contribution in [0.5, 0.6) is 0 Å². The molecule has 0 saturated carbocycles. The number of carbonyl (C=O) groups is 1. The molecular formula is C22H20FN3O2S3. The number of thiophene rings is 2. The smallest absolute Gasteiger partial charge is 0.263 e. The first-order chi connectivity index (χ1) is 15.0. The van der Waals surface area contributed by atoms with Crippen LogP contribution in [0.25, 0.3) is 20.7 Å². The molecule has 4 aromatic rings. The number of halogens is 1. The van der Waals surface area contributed by atoms with Gasteiger partial charge >= 0.3 is 0 Å². The standard InChI is InChI=1S/C22H20FN3O2S3/c1-3-26-21(28)19-16(17-5-4-10-29-17)12-30-20(19)24-22(26)31-13-18(27)25(2)11-14-6-8-15(23)9-7-14/h4-10,12H,3,11,13H2,1-2H3. The van der Waals surface area contributed by atoms with Crippen LogP contribution in [-0.4, -0.2) is 33.2 Å². The molecule has 0 saturated heterocycles. The minimum absolute atomic E-state index is 0.0771. The van der Waals surface area contributed by atoms with E-state index in [0.717, 1.165) is 16.0 Å². The largest absolute Gasteiger partial charge is 0.341 e. The van der Waals surface area contributed by atoms with E-state index in [-0.39, 0.29) is 23.0 Å². The number of benzene rings is 1. The topological polar surface area (TPSA) is 55.2 Å². The highest BCUT2D eigenvalue weighted by molar-refractivity contribution is 7.99. The number of carbonyl (C=O) groups excluding carboxylic acids is 1. The molecule has 9 heteroatoms. The van der Waals surface area contributed by atoms with Crippen LogP contribution in [0.2, 0.25) is 0 Å². The number of thioether (sulfide) groups is 1. The third-order valence-corrected chi connectivity index (χ3v) is 7.58. The van der Waals surface area contributed by atoms with Gasteiger partial charge in [0.1, 0.15) is 10.6 Å². The summed E-state index contributed by atoms with van der Waals surface area (Å²) in [5.41, 5.74) is 1.69. The molecule has 1 amide bonds. The number of hydrogen-bond donors (Lipinski definition) is 0. The maximum atomic E-state index is 13.2. The first kappa shape index (κ1) is 21.7. The molecule has 0 aliphatic rings. The summed E-state index contributed by atoms with van der Waals surface area (Å²) in [6.45, 7) is 2.77. The van der Waals surface area contributed by atoms with Gasteiger partial charge in [-0.2, -0.15) is 0 Å². The van der Waals surface area contributed by atoms with E-state index in [1.54, 1.807) is 40.0 Å². The Balaban J connectivity index is 1.53. The van der Waals surface area contributed by atoms with Gasteiger partial charge in [0, 0.05) is 36.0 Å². The molecule has 1 aromatic carbocycles. The Morgan fingerprint density at radius 3 is 2.68 bits per heavy atom. The summed E-state index contributed by atoms with van der Waals surface area (Å²) in [5, 5.41) is 5.14. The molecule has 160 valence electrons. The fraction of sp³-hybridized carbons (Fsp3) is 0.227. The molecule has 0 radical (unpaired) electrons. The van der Waals surface area contributed by atoms with E-state index >= 15 is 0 Å². The van der Waals surface area contributed by atoms with E-state index in [1.807, 2.05) is 29.8 Å². The number of nitrogens with zero attached hydrogens (tertiary/aromatic N) is 3. The molecule has 0 aliphatic carbocycles. The van der Waals surface area contributed by atoms with Gasteiger partial charge in [-0.1, -0.05) is 30.0 Å². The Kier molecular flexibility index (Phi) is 6.54. The maximum Gasteiger partial charge on any atom is 0.263 e. The molecule has 0 bridgehead atoms. The van der Waals surface area contributed by atoms with Crippen molar-refractivity contribution in [1.82, 2.24) is 14.5 Å². The predicted molar refractivity (Wildman–Crippen MR) is 126 cm³/mol. The van der Waals surface area contributed by atoms with Crippen molar-refractivity contribution < 1.29 is 9.18 Å². The summed E-state index contributed by atoms with van der Waals surface area (Å²) in [7, 11) is 1.71. The summed E-state index contributed by atoms with van der Waals surface area (Å²) in [6, 6.07) is 10.1. The van der Waals surface area contributed by atoms with Gasteiger partial charge < -0.3 is 4.90 Å². The Morgan fingerprint density at radius 1 is 1.23 bits per heavy atom. The zero-order valence-electron chi connectivity index (χ0n) is 17.0. The van der Waals surface area contributed by atoms with Crippen LogP contribution in [0, 0.1) is 5.82 Å². The Morgan fingerprint density at radius 2 is 2.00 bits per heavy atom. The van der Waals surface area contributed by atoms with Crippen LogP contribution in [-0.2, 0) is 17.9 Å². The van der Waals surface area contributed by atoms with Crippen molar-refractivity contribution in [2.24, 2.45) is 0 Å². The molecule has 5 nitrogen and oxygen atoms in total. The lowest BCUT2D eigenvalue weighted by atomic mass is 10.2. The molecule has 0 aliphatic heterocycles. The number of hydrogen-bond acceptors (Lipinski definition) is 6. The van der Waals surface area contributed by atoms with Crippen molar-refractivity contribution in [3.05, 3.63) is 68.9 Å². The van der Waals surface area contributed by atoms with Gasteiger partial charge in [0.15, 0.2) is 5.16 Å². The Hall–Kier alpha value is -2.49. The zero-order valence-corrected chi connectivity index (χ0v) is 19.5. The summed E-state index contributed by atoms with van der Waals surface area (Å²) in [4.78, 5) is 33.8. The summed E-state index contributed by atoms with van der Waals surface area (Å²) >= 11 is 4.31. The maximum absolute atomic E-state index is 13.2. The van der Waals surface area contributed by atoms with Crippen molar-refractivity contribution in [2.45, 2.75) is 25.2 Å². The van der Waals surface area contributed by atoms with E-state index in [0.29, 0.717) is 28.5 Å². The monoisotopic (exact) mass is 473 g/mol. The van der Waals surface area contributed by atoms with Crippen LogP contribution < -0.4 is 5.56 Å². The van der Waals surface area contributed by atoms with Crippen LogP contribution in [0.3, 0.4) is 0 Å². The molecule has 0 N–H and O–H groups in total. The van der Waals surface area contributed by atoms with Crippen molar-refractivity contribution >= 4 is 50.6 Å². The SMILES string of the molecule is CCn1c(SCC(=O)N(C)Cc2ccc(F)cc2)nc2scc(-c3cccs3)c2c1=O. The fourth-order valence-electron chi connectivity index (χ4n) is 3.20. The van der Waals surface area contributed by atoms with Crippen LogP contribution >= 0.6 is 34.4 Å². The lowest BCUT2D eigenvalue weighted by Crippen LogP contribution is -2.28. The van der Waals surface area contributed by atoms with E-state index < -0.39 is 0 Å². The van der Waals surface area contributed by atoms with E-state index in [4.69, 9.17) is 4.98 Å². The highest BCUT2D eigenvalue weighted by atomic mass is 32.2. The first-order valence-corrected chi connectivity index (χ1v) is 12.4. The number of amides is 1. The van der Waals surface area contributed by atoms with Crippen molar-refractivity contribution in [3.8, 4) is 10.4 Å². The second kappa shape index (κ2) is 9.33. The third-order valence-electron chi connectivity index (χ3n) is 4.85. The van der Waals surface area contributed by atoms with Crippen LogP contribution in [0.15, 0.2) is 57.1 Å². The average molecular weight is 474 g/mol. The van der Waals surface area contributed by atoms with Crippen molar-refractivity contribution in [2.75, 3.05) is 12.8 Å². The van der Waals surface area contributed by atoms with Gasteiger partial charge in [-0.15, -0.1) is 22.7 Å². The van der Waals surface area contributed by atoms with Crippen LogP contribution in [0.4, 0.5) is 4.39 Å². The van der Waals surface area contributed by atoms with Gasteiger partial charge in [-0.3, -0.25) is 14.2 Å². The van der Waals surface area contributed by atoms with Gasteiger partial charge in [-0.25, -0.2) is 9.37 Å². The molecule has 4 rings (SSSR count). The molecule has 3 heterocycles.